The summed E-state index contributed by atoms with van der Waals surface area (Å²) in [5.74, 6) is -0.939. The van der Waals surface area contributed by atoms with E-state index in [1.807, 2.05) is 0 Å². The van der Waals surface area contributed by atoms with Gasteiger partial charge < -0.3 is 5.11 Å². The molecular formula is C46H44O2P2S. The maximum absolute atomic E-state index is 10.4. The number of hydrogen-bond donors (Lipinski definition) is 2. The Hall–Kier alpha value is -4.78. The third-order valence-corrected chi connectivity index (χ3v) is 20.3. The van der Waals surface area contributed by atoms with E-state index in [9.17, 15) is 4.79 Å². The molecule has 0 aliphatic carbocycles. The molecule has 7 aromatic carbocycles. The summed E-state index contributed by atoms with van der Waals surface area (Å²) < 4.78 is 0. The van der Waals surface area contributed by atoms with Gasteiger partial charge >= 0.3 is 253 Å². The minimum absolute atomic E-state index is 0.242. The Labute approximate surface area is 309 Å². The molecule has 0 aromatic heterocycles. The van der Waals surface area contributed by atoms with E-state index in [1.54, 1.807) is 18.2 Å². The van der Waals surface area contributed by atoms with E-state index in [0.717, 1.165) is 18.7 Å². The summed E-state index contributed by atoms with van der Waals surface area (Å²) in [6.45, 7) is 0. The van der Waals surface area contributed by atoms with Gasteiger partial charge in [0.2, 0.25) is 0 Å². The van der Waals surface area contributed by atoms with E-state index in [4.69, 9.17) is 5.11 Å². The van der Waals surface area contributed by atoms with Crippen LogP contribution in [-0.2, 0) is 0 Å². The topological polar surface area (TPSA) is 37.3 Å². The molecule has 5 heteroatoms. The fraction of sp³-hybridized carbons (Fsp3) is 0.0652. The van der Waals surface area contributed by atoms with Crippen LogP contribution in [0.5, 0.6) is 0 Å². The number of thiol groups is 1. The number of benzene rings is 7. The van der Waals surface area contributed by atoms with Crippen molar-refractivity contribution >= 4 is 65.0 Å². The Morgan fingerprint density at radius 2 is 0.627 bits per heavy atom. The van der Waals surface area contributed by atoms with Gasteiger partial charge in [0.05, 0.1) is 5.56 Å². The second-order valence-electron chi connectivity index (χ2n) is 12.7. The van der Waals surface area contributed by atoms with Crippen molar-refractivity contribution in [3.63, 3.8) is 0 Å². The van der Waals surface area contributed by atoms with Crippen LogP contribution in [-0.4, -0.2) is 23.4 Å². The second-order valence-corrected chi connectivity index (χ2v) is 21.2. The van der Waals surface area contributed by atoms with Crippen molar-refractivity contribution in [1.29, 1.82) is 0 Å². The Kier molecular flexibility index (Phi) is 12.3. The normalized spacial score (nSPS) is 11.9. The zero-order chi connectivity index (χ0) is 35.4. The van der Waals surface area contributed by atoms with Gasteiger partial charge in [0, 0.05) is 4.90 Å². The van der Waals surface area contributed by atoms with Gasteiger partial charge in [0.15, 0.2) is 0 Å². The first-order chi connectivity index (χ1) is 25.1. The van der Waals surface area contributed by atoms with Crippen LogP contribution in [0.2, 0.25) is 0 Å². The Morgan fingerprint density at radius 3 is 0.843 bits per heavy atom. The van der Waals surface area contributed by atoms with E-state index in [-0.39, 0.29) is 5.56 Å². The van der Waals surface area contributed by atoms with Crippen molar-refractivity contribution in [3.8, 4) is 0 Å². The summed E-state index contributed by atoms with van der Waals surface area (Å²) >= 11 is 3.96. The molecule has 256 valence electrons. The molecule has 0 heterocycles. The average Bonchev–Trinajstić information content (AvgIpc) is 3.20. The van der Waals surface area contributed by atoms with Crippen LogP contribution in [0.15, 0.2) is 211 Å². The van der Waals surface area contributed by atoms with Crippen molar-refractivity contribution in [2.24, 2.45) is 0 Å². The summed E-state index contributed by atoms with van der Waals surface area (Å²) in [6, 6.07) is 74.7. The van der Waals surface area contributed by atoms with Gasteiger partial charge in [-0.3, -0.25) is 0 Å². The molecule has 0 fully saturated rings. The van der Waals surface area contributed by atoms with Crippen LogP contribution >= 0.6 is 27.2 Å². The van der Waals surface area contributed by atoms with Crippen molar-refractivity contribution < 1.29 is 9.90 Å². The van der Waals surface area contributed by atoms with Crippen LogP contribution in [0, 0.1) is 0 Å². The zero-order valence-corrected chi connectivity index (χ0v) is 31.4. The van der Waals surface area contributed by atoms with Crippen LogP contribution in [0.3, 0.4) is 0 Å². The summed E-state index contributed by atoms with van der Waals surface area (Å²) in [4.78, 5) is 10.9. The number of carboxylic acids is 1. The fourth-order valence-electron chi connectivity index (χ4n) is 7.48. The van der Waals surface area contributed by atoms with E-state index >= 15 is 0 Å². The first-order valence-corrected chi connectivity index (χ1v) is 22.3. The third kappa shape index (κ3) is 8.08. The predicted octanol–water partition coefficient (Wildman–Crippen LogP) is 8.50. The Morgan fingerprint density at radius 1 is 0.392 bits per heavy atom. The minimum atomic E-state index is -2.30. The number of rotatable bonds is 11. The van der Waals surface area contributed by atoms with Crippen molar-refractivity contribution in [3.05, 3.63) is 212 Å². The predicted molar refractivity (Wildman–Crippen MR) is 228 cm³/mol. The average molecular weight is 723 g/mol. The van der Waals surface area contributed by atoms with E-state index in [0.29, 0.717) is 4.90 Å². The molecule has 0 saturated heterocycles. The van der Waals surface area contributed by atoms with Gasteiger partial charge in [0.25, 0.3) is 0 Å². The monoisotopic (exact) mass is 722 g/mol. The van der Waals surface area contributed by atoms with Crippen molar-refractivity contribution in [1.82, 2.24) is 0 Å². The first-order valence-electron chi connectivity index (χ1n) is 17.4. The molecule has 0 aliphatic heterocycles. The molecule has 0 saturated carbocycles. The molecule has 7 aromatic rings. The molecule has 0 atom stereocenters. The van der Waals surface area contributed by atoms with Gasteiger partial charge in [-0.25, -0.2) is 4.79 Å². The second kappa shape index (κ2) is 17.4. The summed E-state index contributed by atoms with van der Waals surface area (Å²) in [7, 11) is -4.61. The summed E-state index contributed by atoms with van der Waals surface area (Å²) in [5.41, 5.74) is 0.242. The molecule has 7 rings (SSSR count). The molecule has 0 aliphatic rings. The van der Waals surface area contributed by atoms with Gasteiger partial charge in [-0.1, -0.05) is 12.1 Å². The number of hydrogen-bond acceptors (Lipinski definition) is 2. The molecule has 2 nitrogen and oxygen atoms in total. The van der Waals surface area contributed by atoms with Crippen LogP contribution < -0.4 is 31.8 Å². The third-order valence-electron chi connectivity index (χ3n) is 9.84. The van der Waals surface area contributed by atoms with Crippen LogP contribution in [0.4, 0.5) is 0 Å². The van der Waals surface area contributed by atoms with Crippen LogP contribution in [0.1, 0.15) is 16.8 Å². The molecule has 0 radical (unpaired) electrons. The van der Waals surface area contributed by atoms with Crippen molar-refractivity contribution in [2.45, 2.75) is 11.3 Å². The number of carboxylic acid groups (broad SMARTS) is 1. The zero-order valence-electron chi connectivity index (χ0n) is 28.6. The van der Waals surface area contributed by atoms with E-state index in [1.165, 1.54) is 37.9 Å². The van der Waals surface area contributed by atoms with Gasteiger partial charge in [-0.05, 0) is 12.1 Å². The van der Waals surface area contributed by atoms with Gasteiger partial charge in [0.1, 0.15) is 0 Å². The Bertz CT molecular complexity index is 1780. The molecule has 0 amide bonds. The van der Waals surface area contributed by atoms with E-state index < -0.39 is 20.5 Å². The first kappa shape index (κ1) is 36.0. The fourth-order valence-corrected chi connectivity index (χ4v) is 17.8. The Balaban J connectivity index is 0.000000388. The van der Waals surface area contributed by atoms with Gasteiger partial charge in [-0.2, -0.15) is 0 Å². The van der Waals surface area contributed by atoms with Gasteiger partial charge in [-0.15, -0.1) is 12.6 Å². The standard InChI is InChI=1S/C39H38P2.C7H6O2S/c1-7-20-34(21-8-1)40(35-22-9-2-10-23-35,36-24-11-3-12-25-36)32-19-33-41(37-26-13-4-14-27-37,38-28-15-5-16-29-38)39-30-17-6-18-31-39;8-7(9)5-3-1-2-4-6(5)10/h1-18,20-31,40-41H,19,32-33H2;1-4,10H,(H,8,9). The van der Waals surface area contributed by atoms with E-state index in [2.05, 4.69) is 195 Å². The molecule has 51 heavy (non-hydrogen) atoms. The number of carbonyl (C=O) groups is 1. The molecule has 0 unspecified atom stereocenters. The molecular weight excluding hydrogens is 679 g/mol. The van der Waals surface area contributed by atoms with Crippen molar-refractivity contribution in [2.75, 3.05) is 12.3 Å². The quantitative estimate of drug-likeness (QED) is 0.104. The van der Waals surface area contributed by atoms with Crippen LogP contribution in [0.25, 0.3) is 0 Å². The molecule has 0 bridgehead atoms. The summed E-state index contributed by atoms with van der Waals surface area (Å²) in [5, 5.41) is 17.5. The summed E-state index contributed by atoms with van der Waals surface area (Å²) in [6.07, 6.45) is 3.47. The number of aromatic carboxylic acids is 1. The molecule has 0 spiro atoms. The maximum atomic E-state index is 10.4. The molecule has 1 N–H and O–H groups in total. The SMILES string of the molecule is O=C(O)c1ccccc1S.c1ccc([PH](CCC[PH](c2ccccc2)(c2ccccc2)c2ccccc2)(c2ccccc2)c2ccccc2)cc1.